The second kappa shape index (κ2) is 7.27. The zero-order chi connectivity index (χ0) is 17.8. The predicted octanol–water partition coefficient (Wildman–Crippen LogP) is 1.86. The zero-order valence-electron chi connectivity index (χ0n) is 13.8. The van der Waals surface area contributed by atoms with Crippen LogP contribution >= 0.6 is 11.3 Å². The average molecular weight is 355 g/mol. The van der Waals surface area contributed by atoms with E-state index in [1.165, 1.54) is 10.6 Å². The number of amides is 1. The van der Waals surface area contributed by atoms with Crippen LogP contribution in [0.25, 0.3) is 5.13 Å². The lowest BCUT2D eigenvalue weighted by atomic mass is 10.3. The van der Waals surface area contributed by atoms with Gasteiger partial charge in [0.2, 0.25) is 0 Å². The van der Waals surface area contributed by atoms with Crippen molar-refractivity contribution in [3.05, 3.63) is 69.3 Å². The largest absolute Gasteiger partial charge is 0.306 e. The minimum atomic E-state index is -0.363. The van der Waals surface area contributed by atoms with Gasteiger partial charge in [-0.3, -0.25) is 14.2 Å². The molecule has 0 aliphatic heterocycles. The van der Waals surface area contributed by atoms with E-state index in [1.54, 1.807) is 42.1 Å². The molecule has 0 aliphatic rings. The molecule has 1 amide bonds. The summed E-state index contributed by atoms with van der Waals surface area (Å²) in [5, 5.41) is 6.81. The van der Waals surface area contributed by atoms with E-state index in [0.717, 1.165) is 22.1 Å². The fourth-order valence-electron chi connectivity index (χ4n) is 2.49. The topological polar surface area (TPSA) is 81.3 Å². The van der Waals surface area contributed by atoms with Crippen LogP contribution in [0.2, 0.25) is 0 Å². The normalized spacial score (nSPS) is 11.1. The summed E-state index contributed by atoms with van der Waals surface area (Å²) in [7, 11) is 0. The first-order valence-corrected chi connectivity index (χ1v) is 8.50. The van der Waals surface area contributed by atoms with Crippen molar-refractivity contribution in [2.45, 2.75) is 20.4 Å². The van der Waals surface area contributed by atoms with Gasteiger partial charge in [-0.2, -0.15) is 5.10 Å². The van der Waals surface area contributed by atoms with Gasteiger partial charge in [-0.15, -0.1) is 11.3 Å². The zero-order valence-corrected chi connectivity index (χ0v) is 14.7. The molecule has 3 aromatic rings. The third-order valence-electron chi connectivity index (χ3n) is 3.69. The number of hydrazone groups is 1. The molecule has 0 aromatic carbocycles. The highest BCUT2D eigenvalue weighted by atomic mass is 32.1. The summed E-state index contributed by atoms with van der Waals surface area (Å²) in [6, 6.07) is 6.72. The lowest BCUT2D eigenvalue weighted by Gasteiger charge is -2.04. The van der Waals surface area contributed by atoms with Crippen molar-refractivity contribution in [2.24, 2.45) is 5.10 Å². The Hall–Kier alpha value is -3.00. The first-order valence-electron chi connectivity index (χ1n) is 7.62. The van der Waals surface area contributed by atoms with Gasteiger partial charge >= 0.3 is 0 Å². The molecule has 8 heteroatoms. The van der Waals surface area contributed by atoms with Gasteiger partial charge in [-0.1, -0.05) is 6.07 Å². The standard InChI is InChI=1S/C17H17N5O2S/c1-12-9-14(13(2)22(12)17-18-6-8-25-17)10-19-20-15(23)11-21-7-4-3-5-16(21)24/h3-10H,11H2,1-2H3,(H,20,23)/b19-10-. The molecule has 0 aliphatic carbocycles. The van der Waals surface area contributed by atoms with Gasteiger partial charge in [0.25, 0.3) is 11.5 Å². The van der Waals surface area contributed by atoms with E-state index in [2.05, 4.69) is 15.5 Å². The quantitative estimate of drug-likeness (QED) is 0.560. The molecule has 25 heavy (non-hydrogen) atoms. The van der Waals surface area contributed by atoms with Gasteiger partial charge in [0.05, 0.1) is 6.21 Å². The summed E-state index contributed by atoms with van der Waals surface area (Å²) in [6.45, 7) is 3.89. The van der Waals surface area contributed by atoms with Crippen LogP contribution in [0.4, 0.5) is 0 Å². The van der Waals surface area contributed by atoms with Crippen LogP contribution < -0.4 is 11.0 Å². The van der Waals surface area contributed by atoms with Crippen LogP contribution in [0.5, 0.6) is 0 Å². The van der Waals surface area contributed by atoms with Crippen molar-refractivity contribution in [2.75, 3.05) is 0 Å². The van der Waals surface area contributed by atoms with Crippen LogP contribution in [0.3, 0.4) is 0 Å². The summed E-state index contributed by atoms with van der Waals surface area (Å²) < 4.78 is 3.36. The fourth-order valence-corrected chi connectivity index (χ4v) is 3.25. The Morgan fingerprint density at radius 1 is 1.40 bits per heavy atom. The molecule has 0 bridgehead atoms. The van der Waals surface area contributed by atoms with Crippen LogP contribution in [0.15, 0.2) is 51.9 Å². The Bertz CT molecular complexity index is 969. The maximum Gasteiger partial charge on any atom is 0.260 e. The SMILES string of the molecule is Cc1cc(/C=N\NC(=O)Cn2ccccc2=O)c(C)n1-c1nccs1. The molecular weight excluding hydrogens is 338 g/mol. The van der Waals surface area contributed by atoms with E-state index in [-0.39, 0.29) is 18.0 Å². The summed E-state index contributed by atoms with van der Waals surface area (Å²) >= 11 is 1.55. The smallest absolute Gasteiger partial charge is 0.260 e. The van der Waals surface area contributed by atoms with Gasteiger partial charge in [0, 0.05) is 40.8 Å². The minimum absolute atomic E-state index is 0.0743. The van der Waals surface area contributed by atoms with Crippen LogP contribution in [-0.2, 0) is 11.3 Å². The number of aromatic nitrogens is 3. The molecule has 3 heterocycles. The second-order valence-electron chi connectivity index (χ2n) is 5.44. The Balaban J connectivity index is 1.69. The number of carbonyl (C=O) groups excluding carboxylic acids is 1. The molecule has 0 saturated heterocycles. The molecule has 0 fully saturated rings. The molecule has 7 nitrogen and oxygen atoms in total. The van der Waals surface area contributed by atoms with Gasteiger partial charge in [-0.05, 0) is 26.0 Å². The molecule has 0 unspecified atom stereocenters. The maximum atomic E-state index is 11.9. The minimum Gasteiger partial charge on any atom is -0.306 e. The molecular formula is C17H17N5O2S. The van der Waals surface area contributed by atoms with Crippen LogP contribution in [0, 0.1) is 13.8 Å². The summed E-state index contributed by atoms with van der Waals surface area (Å²) in [4.78, 5) is 27.8. The number of nitrogens with one attached hydrogen (secondary N) is 1. The number of nitrogens with zero attached hydrogens (tertiary/aromatic N) is 4. The summed E-state index contributed by atoms with van der Waals surface area (Å²) in [5.41, 5.74) is 5.14. The highest BCUT2D eigenvalue weighted by molar-refractivity contribution is 7.12. The average Bonchev–Trinajstić information content (AvgIpc) is 3.18. The number of carbonyl (C=O) groups is 1. The van der Waals surface area contributed by atoms with Gasteiger partial charge < -0.3 is 4.57 Å². The van der Waals surface area contributed by atoms with Crippen LogP contribution in [0.1, 0.15) is 17.0 Å². The van der Waals surface area contributed by atoms with E-state index < -0.39 is 0 Å². The molecule has 1 N–H and O–H groups in total. The Labute approximate surface area is 148 Å². The lowest BCUT2D eigenvalue weighted by Crippen LogP contribution is -2.29. The fraction of sp³-hybridized carbons (Fsp3) is 0.176. The van der Waals surface area contributed by atoms with E-state index in [4.69, 9.17) is 0 Å². The summed E-state index contributed by atoms with van der Waals surface area (Å²) in [5.74, 6) is -0.363. The number of hydrogen-bond acceptors (Lipinski definition) is 5. The number of hydrogen-bond donors (Lipinski definition) is 1. The number of aryl methyl sites for hydroxylation is 1. The molecule has 3 aromatic heterocycles. The Kier molecular flexibility index (Phi) is 4.90. The highest BCUT2D eigenvalue weighted by Crippen LogP contribution is 2.21. The van der Waals surface area contributed by atoms with Crippen molar-refractivity contribution in [3.63, 3.8) is 0 Å². The molecule has 0 radical (unpaired) electrons. The predicted molar refractivity (Wildman–Crippen MR) is 97.4 cm³/mol. The Morgan fingerprint density at radius 3 is 2.96 bits per heavy atom. The lowest BCUT2D eigenvalue weighted by molar-refractivity contribution is -0.121. The van der Waals surface area contributed by atoms with Crippen molar-refractivity contribution in [3.8, 4) is 5.13 Å². The Morgan fingerprint density at radius 2 is 2.24 bits per heavy atom. The van der Waals surface area contributed by atoms with Crippen molar-refractivity contribution < 1.29 is 4.79 Å². The molecule has 0 spiro atoms. The first-order chi connectivity index (χ1) is 12.1. The van der Waals surface area contributed by atoms with E-state index >= 15 is 0 Å². The summed E-state index contributed by atoms with van der Waals surface area (Å²) in [6.07, 6.45) is 4.92. The van der Waals surface area contributed by atoms with Crippen molar-refractivity contribution >= 4 is 23.5 Å². The van der Waals surface area contributed by atoms with Crippen LogP contribution in [-0.4, -0.2) is 26.2 Å². The van der Waals surface area contributed by atoms with Crippen molar-refractivity contribution in [1.82, 2.24) is 19.5 Å². The molecule has 3 rings (SSSR count). The van der Waals surface area contributed by atoms with E-state index in [0.29, 0.717) is 0 Å². The molecule has 0 atom stereocenters. The van der Waals surface area contributed by atoms with Gasteiger partial charge in [-0.25, -0.2) is 10.4 Å². The molecule has 128 valence electrons. The third kappa shape index (κ3) is 3.74. The van der Waals surface area contributed by atoms with Gasteiger partial charge in [0.15, 0.2) is 5.13 Å². The van der Waals surface area contributed by atoms with E-state index in [1.807, 2.05) is 29.9 Å². The van der Waals surface area contributed by atoms with E-state index in [9.17, 15) is 9.59 Å². The molecule has 0 saturated carbocycles. The number of pyridine rings is 1. The monoisotopic (exact) mass is 355 g/mol. The number of rotatable bonds is 5. The highest BCUT2D eigenvalue weighted by Gasteiger charge is 2.11. The van der Waals surface area contributed by atoms with Crippen molar-refractivity contribution in [1.29, 1.82) is 0 Å². The third-order valence-corrected chi connectivity index (χ3v) is 4.44. The first kappa shape index (κ1) is 16.8. The second-order valence-corrected chi connectivity index (χ2v) is 6.31. The number of thiazole rings is 1. The van der Waals surface area contributed by atoms with Gasteiger partial charge in [0.1, 0.15) is 6.54 Å². The maximum absolute atomic E-state index is 11.9.